The van der Waals surface area contributed by atoms with Gasteiger partial charge in [0.05, 0.1) is 18.6 Å². The Bertz CT molecular complexity index is 3170. The maximum absolute atomic E-state index is 14.5. The second-order valence-corrected chi connectivity index (χ2v) is 28.3. The van der Waals surface area contributed by atoms with Crippen LogP contribution in [0.3, 0.4) is 0 Å². The predicted octanol–water partition coefficient (Wildman–Crippen LogP) is -4.17. The van der Waals surface area contributed by atoms with Crippen LogP contribution in [0.25, 0.3) is 0 Å². The molecular formula is C70H119N17O21. The van der Waals surface area contributed by atoms with Crippen LogP contribution in [0.15, 0.2) is 24.3 Å². The zero-order chi connectivity index (χ0) is 82.4. The highest BCUT2D eigenvalue weighted by Crippen LogP contribution is 2.17. The van der Waals surface area contributed by atoms with Crippen molar-refractivity contribution in [1.29, 1.82) is 0 Å². The van der Waals surface area contributed by atoms with Crippen molar-refractivity contribution < 1.29 is 102 Å². The van der Waals surface area contributed by atoms with Crippen LogP contribution in [0.4, 0.5) is 0 Å². The molecule has 1 aromatic rings. The Labute approximate surface area is 629 Å². The van der Waals surface area contributed by atoms with Gasteiger partial charge in [0.15, 0.2) is 0 Å². The summed E-state index contributed by atoms with van der Waals surface area (Å²) < 4.78 is 0. The van der Waals surface area contributed by atoms with E-state index in [1.807, 2.05) is 0 Å². The number of rotatable bonds is 52. The number of phenolic OH excluding ortho intramolecular Hbond substituents is 1. The average Bonchev–Trinajstić information content (AvgIpc) is 0.850. The number of hydrogen-bond acceptors (Lipinski definition) is 22. The van der Waals surface area contributed by atoms with Crippen LogP contribution in [-0.4, -0.2) is 231 Å². The molecule has 0 heterocycles. The number of unbranched alkanes of at least 4 members (excludes halogenated alkanes) is 3. The Morgan fingerprint density at radius 3 is 1.09 bits per heavy atom. The van der Waals surface area contributed by atoms with E-state index in [-0.39, 0.29) is 56.9 Å². The molecular weight excluding hydrogens is 1410 g/mol. The maximum Gasteiger partial charge on any atom is 0.326 e. The van der Waals surface area contributed by atoms with Crippen LogP contribution in [0.1, 0.15) is 172 Å². The molecule has 0 fully saturated rings. The third-order valence-electron chi connectivity index (χ3n) is 17.1. The van der Waals surface area contributed by atoms with E-state index in [4.69, 9.17) is 22.9 Å². The third-order valence-corrected chi connectivity index (χ3v) is 17.1. The van der Waals surface area contributed by atoms with Gasteiger partial charge in [0.2, 0.25) is 76.8 Å². The second-order valence-electron chi connectivity index (χ2n) is 28.3. The highest BCUT2D eigenvalue weighted by Gasteiger charge is 2.39. The van der Waals surface area contributed by atoms with Crippen molar-refractivity contribution in [2.45, 2.75) is 264 Å². The monoisotopic (exact) mass is 1530 g/mol. The molecule has 610 valence electrons. The molecule has 0 unspecified atom stereocenters. The van der Waals surface area contributed by atoms with Gasteiger partial charge in [0.25, 0.3) is 0 Å². The van der Waals surface area contributed by atoms with E-state index < -0.39 is 222 Å². The Balaban J connectivity index is 3.45. The third kappa shape index (κ3) is 35.8. The number of carboxylic acid groups (broad SMARTS) is 3. The normalized spacial score (nSPS) is 15.5. The van der Waals surface area contributed by atoms with E-state index in [2.05, 4.69) is 69.1 Å². The van der Waals surface area contributed by atoms with Crippen molar-refractivity contribution in [3.63, 3.8) is 0 Å². The van der Waals surface area contributed by atoms with Crippen LogP contribution in [-0.2, 0) is 83.1 Å². The van der Waals surface area contributed by atoms with Crippen LogP contribution in [0.5, 0.6) is 5.75 Å². The molecule has 13 amide bonds. The van der Waals surface area contributed by atoms with Crippen molar-refractivity contribution in [3.05, 3.63) is 29.8 Å². The van der Waals surface area contributed by atoms with Crippen LogP contribution in [0, 0.1) is 23.7 Å². The lowest BCUT2D eigenvalue weighted by Crippen LogP contribution is -2.62. The molecule has 0 aliphatic heterocycles. The van der Waals surface area contributed by atoms with E-state index in [0.29, 0.717) is 50.6 Å². The maximum atomic E-state index is 14.5. The van der Waals surface area contributed by atoms with E-state index in [1.54, 1.807) is 41.5 Å². The SMILES string of the molecule is CC(C)C[C@H](NC(=O)[C@H](CC(=O)O)NC(=O)[C@H](C)N)C(=O)N[C@@H](CCC(=O)O)C(=O)N[C@H](C(=O)N[C@H](C(=O)N[C@@H](C)C(=O)N[C@@H](C)C(=O)N[C@H](C(=O)N[C@@H](Cc1ccc(O)cc1)C(=O)N[C@H](C(=O)N[C@@H](CCCCN)C(=O)N[C@@H](CCCCN)C(=O)N[C@@H](CCCCN)C(=O)O)C(C)C)[C@@H](C)O)C(C)C)C(C)C. The summed E-state index contributed by atoms with van der Waals surface area (Å²) in [5.41, 5.74) is 23.0. The molecule has 0 spiro atoms. The first-order valence-electron chi connectivity index (χ1n) is 36.4. The Morgan fingerprint density at radius 2 is 0.676 bits per heavy atom. The van der Waals surface area contributed by atoms with Gasteiger partial charge < -0.3 is 118 Å². The van der Waals surface area contributed by atoms with E-state index in [0.717, 1.165) is 6.92 Å². The molecule has 15 atom stereocenters. The number of hydrogen-bond donors (Lipinski definition) is 22. The fraction of sp³-hybridized carbons (Fsp3) is 0.686. The van der Waals surface area contributed by atoms with Crippen molar-refractivity contribution in [2.24, 2.45) is 46.6 Å². The topological polar surface area (TPSA) is 635 Å². The minimum absolute atomic E-state index is 0.00705. The van der Waals surface area contributed by atoms with Gasteiger partial charge in [0, 0.05) is 12.8 Å². The number of aromatic hydroxyl groups is 1. The number of aliphatic hydroxyl groups is 1. The number of aliphatic carboxylic acids is 3. The number of benzene rings is 1. The van der Waals surface area contributed by atoms with Gasteiger partial charge in [-0.1, -0.05) is 67.5 Å². The molecule has 0 bridgehead atoms. The first-order chi connectivity index (χ1) is 50.5. The van der Waals surface area contributed by atoms with Gasteiger partial charge >= 0.3 is 17.9 Å². The summed E-state index contributed by atoms with van der Waals surface area (Å²) in [6.07, 6.45) is -1.62. The van der Waals surface area contributed by atoms with Crippen LogP contribution >= 0.6 is 0 Å². The number of aliphatic hydroxyl groups excluding tert-OH is 1. The van der Waals surface area contributed by atoms with Crippen molar-refractivity contribution in [2.75, 3.05) is 19.6 Å². The summed E-state index contributed by atoms with van der Waals surface area (Å²) in [5.74, 6) is -19.2. The van der Waals surface area contributed by atoms with E-state index >= 15 is 0 Å². The first kappa shape index (κ1) is 96.4. The van der Waals surface area contributed by atoms with Crippen LogP contribution in [0.2, 0.25) is 0 Å². The summed E-state index contributed by atoms with van der Waals surface area (Å²) in [6, 6.07) is -15.1. The molecule has 38 heteroatoms. The lowest BCUT2D eigenvalue weighted by atomic mass is 9.98. The average molecular weight is 1530 g/mol. The fourth-order valence-electron chi connectivity index (χ4n) is 10.7. The summed E-state index contributed by atoms with van der Waals surface area (Å²) in [5, 5.41) is 82.2. The van der Waals surface area contributed by atoms with Gasteiger partial charge in [-0.2, -0.15) is 0 Å². The first-order valence-corrected chi connectivity index (χ1v) is 36.4. The second kappa shape index (κ2) is 49.3. The minimum Gasteiger partial charge on any atom is -0.508 e. The molecule has 0 aliphatic rings. The van der Waals surface area contributed by atoms with Crippen molar-refractivity contribution in [1.82, 2.24) is 69.1 Å². The highest BCUT2D eigenvalue weighted by molar-refractivity contribution is 6.00. The molecule has 0 saturated carbocycles. The number of amides is 13. The molecule has 1 aromatic carbocycles. The highest BCUT2D eigenvalue weighted by atomic mass is 16.4. The Morgan fingerprint density at radius 1 is 0.352 bits per heavy atom. The van der Waals surface area contributed by atoms with Gasteiger partial charge in [-0.3, -0.25) is 71.9 Å². The number of phenols is 1. The number of nitrogens with two attached hydrogens (primary N) is 4. The molecule has 0 aliphatic carbocycles. The lowest BCUT2D eigenvalue weighted by molar-refractivity contribution is -0.142. The summed E-state index contributed by atoms with van der Waals surface area (Å²) >= 11 is 0. The molecule has 0 aromatic heterocycles. The quantitative estimate of drug-likeness (QED) is 0.0275. The fourth-order valence-corrected chi connectivity index (χ4v) is 10.7. The van der Waals surface area contributed by atoms with E-state index in [1.165, 1.54) is 58.9 Å². The molecule has 0 radical (unpaired) electrons. The summed E-state index contributed by atoms with van der Waals surface area (Å²) in [4.78, 5) is 216. The number of carbonyl (C=O) groups is 16. The molecule has 38 nitrogen and oxygen atoms in total. The molecule has 0 saturated heterocycles. The largest absolute Gasteiger partial charge is 0.508 e. The number of carbonyl (C=O) groups excluding carboxylic acids is 13. The standard InChI is InChI=1S/C70H119N17O21/c1-34(2)31-48(82-64(101)50(33-52(92)93)81-57(94)38(9)74)63(100)78-46(26-27-51(90)91)62(99)84-55(37(7)8)68(105)86-53(35(3)4)66(103)76-39(10)58(95)75-40(11)59(96)87-56(41(12)88)69(106)83-49(32-42-22-24-43(89)25-23-42)65(102)85-54(36(5)6)67(104)79-45(20-14-17-29-72)60(97)77-44(19-13-16-28-71)61(98)80-47(70(107)108)21-15-18-30-73/h22-25,34-41,44-50,53-56,88-89H,13-21,26-33,71-74H2,1-12H3,(H,75,95)(H,76,103)(H,77,97)(H,78,100)(H,79,104)(H,80,98)(H,81,94)(H,82,101)(H,83,106)(H,84,99)(H,85,102)(H,86,105)(H,87,96)(H,90,91)(H,92,93)(H,107,108)/t38-,39-,40-,41+,44-,45-,46-,47-,48-,49-,50-,53-,54-,55-,56-/m0/s1. The van der Waals surface area contributed by atoms with Crippen molar-refractivity contribution >= 4 is 94.7 Å². The molecule has 108 heavy (non-hydrogen) atoms. The predicted molar refractivity (Wildman–Crippen MR) is 393 cm³/mol. The number of carboxylic acids is 3. The van der Waals surface area contributed by atoms with E-state index in [9.17, 15) is 102 Å². The molecule has 1 rings (SSSR count). The van der Waals surface area contributed by atoms with Crippen molar-refractivity contribution in [3.8, 4) is 5.75 Å². The van der Waals surface area contributed by atoms with Gasteiger partial charge in [-0.05, 0) is 159 Å². The Hall–Kier alpha value is -9.66. The summed E-state index contributed by atoms with van der Waals surface area (Å²) in [6.45, 7) is 18.3. The van der Waals surface area contributed by atoms with Crippen LogP contribution < -0.4 is 92.1 Å². The number of nitrogens with one attached hydrogen (secondary N) is 13. The lowest BCUT2D eigenvalue weighted by Gasteiger charge is -2.30. The van der Waals surface area contributed by atoms with Gasteiger partial charge in [-0.25, -0.2) is 4.79 Å². The van der Waals surface area contributed by atoms with Gasteiger partial charge in [0.1, 0.15) is 84.3 Å². The summed E-state index contributed by atoms with van der Waals surface area (Å²) in [7, 11) is 0. The smallest absolute Gasteiger partial charge is 0.326 e. The molecule has 26 N–H and O–H groups in total. The minimum atomic E-state index is -1.84. The zero-order valence-corrected chi connectivity index (χ0v) is 63.9. The van der Waals surface area contributed by atoms with Gasteiger partial charge in [-0.15, -0.1) is 0 Å². The Kier molecular flexibility index (Phi) is 44.0. The zero-order valence-electron chi connectivity index (χ0n) is 63.9.